The summed E-state index contributed by atoms with van der Waals surface area (Å²) in [6, 6.07) is 1.70. The zero-order chi connectivity index (χ0) is 13.7. The number of amides is 1. The molecule has 19 heavy (non-hydrogen) atoms. The molecule has 3 N–H and O–H groups in total. The van der Waals surface area contributed by atoms with Crippen LogP contribution in [0.1, 0.15) is 10.5 Å². The van der Waals surface area contributed by atoms with Crippen LogP contribution in [0.5, 0.6) is 0 Å². The van der Waals surface area contributed by atoms with E-state index in [2.05, 4.69) is 31.1 Å². The zero-order valence-electron chi connectivity index (χ0n) is 10.6. The van der Waals surface area contributed by atoms with E-state index in [-0.39, 0.29) is 12.5 Å². The predicted molar refractivity (Wildman–Crippen MR) is 74.1 cm³/mol. The summed E-state index contributed by atoms with van der Waals surface area (Å²) in [5, 5.41) is 12.6. The first-order chi connectivity index (χ1) is 9.15. The second-order valence-electron chi connectivity index (χ2n) is 4.51. The fraction of sp³-hybridized carbons (Fsp3) is 0.583. The van der Waals surface area contributed by atoms with Gasteiger partial charge in [-0.2, -0.15) is 0 Å². The van der Waals surface area contributed by atoms with Gasteiger partial charge in [-0.25, -0.2) is 0 Å². The van der Waals surface area contributed by atoms with E-state index in [1.54, 1.807) is 12.3 Å². The lowest BCUT2D eigenvalue weighted by atomic mass is 10.3. The molecule has 2 heterocycles. The van der Waals surface area contributed by atoms with E-state index in [1.165, 1.54) is 0 Å². The van der Waals surface area contributed by atoms with Crippen LogP contribution in [0.2, 0.25) is 0 Å². The summed E-state index contributed by atoms with van der Waals surface area (Å²) in [5.74, 6) is -0.216. The Morgan fingerprint density at radius 2 is 2.32 bits per heavy atom. The number of rotatable bonds is 5. The number of nitrogens with zero attached hydrogens (tertiary/aromatic N) is 1. The molecular formula is C12H18BrN3O3. The Hall–Kier alpha value is -0.890. The van der Waals surface area contributed by atoms with Crippen LogP contribution in [-0.4, -0.2) is 66.4 Å². The second-order valence-corrected chi connectivity index (χ2v) is 5.42. The first-order valence-corrected chi connectivity index (χ1v) is 7.05. The number of hydrogen-bond donors (Lipinski definition) is 3. The highest BCUT2D eigenvalue weighted by molar-refractivity contribution is 9.10. The summed E-state index contributed by atoms with van der Waals surface area (Å²) in [5.41, 5.74) is 0.477. The fourth-order valence-corrected chi connectivity index (χ4v) is 2.29. The third kappa shape index (κ3) is 4.61. The van der Waals surface area contributed by atoms with Gasteiger partial charge < -0.3 is 20.1 Å². The number of aromatic nitrogens is 1. The number of morpholine rings is 1. The van der Waals surface area contributed by atoms with Crippen molar-refractivity contribution in [3.63, 3.8) is 0 Å². The molecule has 1 fully saturated rings. The Morgan fingerprint density at radius 3 is 2.95 bits per heavy atom. The van der Waals surface area contributed by atoms with Crippen LogP contribution < -0.4 is 5.32 Å². The summed E-state index contributed by atoms with van der Waals surface area (Å²) in [6.45, 7) is 3.86. The molecule has 0 spiro atoms. The highest BCUT2D eigenvalue weighted by Gasteiger charge is 2.16. The van der Waals surface area contributed by atoms with Crippen molar-refractivity contribution in [2.45, 2.75) is 6.10 Å². The van der Waals surface area contributed by atoms with Gasteiger partial charge in [0.25, 0.3) is 5.91 Å². The molecule has 1 aromatic rings. The Kier molecular flexibility index (Phi) is 5.38. The third-order valence-corrected chi connectivity index (χ3v) is 3.42. The lowest BCUT2D eigenvalue weighted by molar-refractivity contribution is 0.0149. The number of hydrogen-bond acceptors (Lipinski definition) is 4. The van der Waals surface area contributed by atoms with Gasteiger partial charge in [0.1, 0.15) is 5.69 Å². The van der Waals surface area contributed by atoms with E-state index >= 15 is 0 Å². The van der Waals surface area contributed by atoms with Crippen LogP contribution in [-0.2, 0) is 4.74 Å². The highest BCUT2D eigenvalue weighted by Crippen LogP contribution is 2.10. The van der Waals surface area contributed by atoms with Gasteiger partial charge in [-0.15, -0.1) is 0 Å². The van der Waals surface area contributed by atoms with Gasteiger partial charge >= 0.3 is 0 Å². The number of aliphatic hydroxyl groups excluding tert-OH is 1. The molecule has 0 aliphatic carbocycles. The molecule has 1 atom stereocenters. The van der Waals surface area contributed by atoms with Gasteiger partial charge in [0.15, 0.2) is 0 Å². The van der Waals surface area contributed by atoms with Crippen molar-refractivity contribution in [3.8, 4) is 0 Å². The standard InChI is InChI=1S/C12H18BrN3O3/c13-9-5-11(14-6-9)12(18)15-7-10(17)8-16-1-3-19-4-2-16/h5-6,10,14,17H,1-4,7-8H2,(H,15,18). The average Bonchev–Trinajstić information content (AvgIpc) is 2.84. The molecule has 7 heteroatoms. The normalized spacial score (nSPS) is 18.2. The summed E-state index contributed by atoms with van der Waals surface area (Å²) in [6.07, 6.45) is 1.12. The van der Waals surface area contributed by atoms with Gasteiger partial charge in [0.2, 0.25) is 0 Å². The van der Waals surface area contributed by atoms with Crippen LogP contribution >= 0.6 is 15.9 Å². The van der Waals surface area contributed by atoms with Crippen molar-refractivity contribution >= 4 is 21.8 Å². The van der Waals surface area contributed by atoms with Crippen molar-refractivity contribution in [1.82, 2.24) is 15.2 Å². The molecule has 6 nitrogen and oxygen atoms in total. The SMILES string of the molecule is O=C(NCC(O)CN1CCOCC1)c1cc(Br)c[nH]1. The molecule has 1 aromatic heterocycles. The number of β-amino-alcohol motifs (C(OH)–C–C–N with tert-alkyl or cyclic N) is 1. The van der Waals surface area contributed by atoms with Crippen molar-refractivity contribution < 1.29 is 14.6 Å². The third-order valence-electron chi connectivity index (χ3n) is 2.96. The van der Waals surface area contributed by atoms with Crippen molar-refractivity contribution in [2.24, 2.45) is 0 Å². The number of H-pyrrole nitrogens is 1. The number of halogens is 1. The quantitative estimate of drug-likeness (QED) is 0.720. The fourth-order valence-electron chi connectivity index (χ4n) is 1.95. The summed E-state index contributed by atoms with van der Waals surface area (Å²) >= 11 is 3.27. The summed E-state index contributed by atoms with van der Waals surface area (Å²) < 4.78 is 6.06. The van der Waals surface area contributed by atoms with E-state index < -0.39 is 6.10 Å². The van der Waals surface area contributed by atoms with E-state index in [9.17, 15) is 9.90 Å². The maximum Gasteiger partial charge on any atom is 0.267 e. The predicted octanol–water partition coefficient (Wildman–Crippen LogP) is 0.200. The molecule has 0 bridgehead atoms. The smallest absolute Gasteiger partial charge is 0.267 e. The molecule has 0 saturated carbocycles. The van der Waals surface area contributed by atoms with E-state index in [4.69, 9.17) is 4.74 Å². The van der Waals surface area contributed by atoms with E-state index in [1.807, 2.05) is 0 Å². The Balaban J connectivity index is 1.70. The number of aliphatic hydroxyl groups is 1. The van der Waals surface area contributed by atoms with Crippen LogP contribution in [0, 0.1) is 0 Å². The number of carbonyl (C=O) groups is 1. The maximum atomic E-state index is 11.7. The van der Waals surface area contributed by atoms with Crippen molar-refractivity contribution in [1.29, 1.82) is 0 Å². The molecule has 106 valence electrons. The lowest BCUT2D eigenvalue weighted by Crippen LogP contribution is -2.44. The van der Waals surface area contributed by atoms with Gasteiger partial charge in [0, 0.05) is 36.8 Å². The van der Waals surface area contributed by atoms with Crippen molar-refractivity contribution in [2.75, 3.05) is 39.4 Å². The Labute approximate surface area is 120 Å². The Morgan fingerprint density at radius 1 is 1.58 bits per heavy atom. The molecule has 1 saturated heterocycles. The number of carbonyl (C=O) groups excluding carboxylic acids is 1. The molecule has 1 unspecified atom stereocenters. The van der Waals surface area contributed by atoms with E-state index in [0.29, 0.717) is 25.5 Å². The minimum Gasteiger partial charge on any atom is -0.390 e. The van der Waals surface area contributed by atoms with Crippen LogP contribution in [0.3, 0.4) is 0 Å². The van der Waals surface area contributed by atoms with Gasteiger partial charge in [-0.05, 0) is 22.0 Å². The molecule has 1 amide bonds. The first kappa shape index (κ1) is 14.5. The largest absolute Gasteiger partial charge is 0.390 e. The topological polar surface area (TPSA) is 77.6 Å². The van der Waals surface area contributed by atoms with Gasteiger partial charge in [0.05, 0.1) is 19.3 Å². The number of ether oxygens (including phenoxy) is 1. The molecular weight excluding hydrogens is 314 g/mol. The monoisotopic (exact) mass is 331 g/mol. The van der Waals surface area contributed by atoms with Gasteiger partial charge in [-0.3, -0.25) is 9.69 Å². The van der Waals surface area contributed by atoms with E-state index in [0.717, 1.165) is 17.6 Å². The maximum absolute atomic E-state index is 11.7. The molecule has 1 aliphatic rings. The molecule has 1 aliphatic heterocycles. The lowest BCUT2D eigenvalue weighted by Gasteiger charge is -2.28. The van der Waals surface area contributed by atoms with Crippen molar-refractivity contribution in [3.05, 3.63) is 22.4 Å². The average molecular weight is 332 g/mol. The minimum atomic E-state index is -0.569. The van der Waals surface area contributed by atoms with Crippen LogP contribution in [0.4, 0.5) is 0 Å². The minimum absolute atomic E-state index is 0.216. The summed E-state index contributed by atoms with van der Waals surface area (Å²) in [4.78, 5) is 16.7. The Bertz CT molecular complexity index is 418. The molecule has 0 radical (unpaired) electrons. The molecule has 0 aromatic carbocycles. The van der Waals surface area contributed by atoms with Crippen LogP contribution in [0.25, 0.3) is 0 Å². The highest BCUT2D eigenvalue weighted by atomic mass is 79.9. The number of nitrogens with one attached hydrogen (secondary N) is 2. The van der Waals surface area contributed by atoms with Gasteiger partial charge in [-0.1, -0.05) is 0 Å². The number of aromatic amines is 1. The molecule has 2 rings (SSSR count). The summed E-state index contributed by atoms with van der Waals surface area (Å²) in [7, 11) is 0. The zero-order valence-corrected chi connectivity index (χ0v) is 12.1. The van der Waals surface area contributed by atoms with Crippen LogP contribution in [0.15, 0.2) is 16.7 Å². The second kappa shape index (κ2) is 7.04. The first-order valence-electron chi connectivity index (χ1n) is 6.25.